The Labute approximate surface area is 182 Å². The summed E-state index contributed by atoms with van der Waals surface area (Å²) < 4.78 is 5.55. The summed E-state index contributed by atoms with van der Waals surface area (Å²) in [6, 6.07) is 8.95. The first kappa shape index (κ1) is 24.2. The summed E-state index contributed by atoms with van der Waals surface area (Å²) in [5.41, 5.74) is 2.68. The second-order valence-corrected chi connectivity index (χ2v) is 7.28. The Kier molecular flexibility index (Phi) is 12.7. The fourth-order valence-corrected chi connectivity index (χ4v) is 3.14. The van der Waals surface area contributed by atoms with Crippen molar-refractivity contribution < 1.29 is 4.74 Å². The molecule has 1 heterocycles. The molecule has 2 N–H and O–H groups in total. The van der Waals surface area contributed by atoms with Crippen LogP contribution in [0.1, 0.15) is 50.7 Å². The number of nitrogens with one attached hydrogen (secondary N) is 2. The van der Waals surface area contributed by atoms with Crippen LogP contribution in [0, 0.1) is 0 Å². The molecule has 6 heteroatoms. The first-order valence-electron chi connectivity index (χ1n) is 10.0. The topological polar surface area (TPSA) is 48.9 Å². The van der Waals surface area contributed by atoms with Crippen molar-refractivity contribution in [2.45, 2.75) is 58.7 Å². The van der Waals surface area contributed by atoms with Gasteiger partial charge in [0.2, 0.25) is 0 Å². The van der Waals surface area contributed by atoms with Crippen molar-refractivity contribution >= 4 is 29.9 Å². The quantitative estimate of drug-likeness (QED) is 0.241. The highest BCUT2D eigenvalue weighted by molar-refractivity contribution is 14.0. The number of rotatable bonds is 9. The number of hydrogen-bond donors (Lipinski definition) is 2. The van der Waals surface area contributed by atoms with Gasteiger partial charge in [-0.25, -0.2) is 0 Å². The third-order valence-electron chi connectivity index (χ3n) is 4.63. The highest BCUT2D eigenvalue weighted by atomic mass is 127. The van der Waals surface area contributed by atoms with E-state index in [4.69, 9.17) is 4.74 Å². The molecule has 1 aromatic carbocycles. The van der Waals surface area contributed by atoms with Crippen molar-refractivity contribution in [1.29, 1.82) is 0 Å². The van der Waals surface area contributed by atoms with Gasteiger partial charge in [0.15, 0.2) is 5.96 Å². The van der Waals surface area contributed by atoms with Crippen LogP contribution in [0.2, 0.25) is 0 Å². The van der Waals surface area contributed by atoms with E-state index >= 15 is 0 Å². The maximum absolute atomic E-state index is 5.55. The van der Waals surface area contributed by atoms with Crippen molar-refractivity contribution in [2.24, 2.45) is 4.99 Å². The first-order valence-corrected chi connectivity index (χ1v) is 10.0. The molecule has 0 radical (unpaired) electrons. The van der Waals surface area contributed by atoms with Gasteiger partial charge in [-0.2, -0.15) is 0 Å². The van der Waals surface area contributed by atoms with Gasteiger partial charge in [-0.05, 0) is 57.3 Å². The van der Waals surface area contributed by atoms with Crippen molar-refractivity contribution in [3.05, 3.63) is 35.4 Å². The number of guanidine groups is 1. The number of nitrogens with zero attached hydrogens (tertiary/aromatic N) is 2. The van der Waals surface area contributed by atoms with E-state index in [1.54, 1.807) is 0 Å². The minimum absolute atomic E-state index is 0. The van der Waals surface area contributed by atoms with Crippen LogP contribution >= 0.6 is 24.0 Å². The van der Waals surface area contributed by atoms with Gasteiger partial charge < -0.3 is 15.4 Å². The van der Waals surface area contributed by atoms with Crippen LogP contribution in [0.25, 0.3) is 0 Å². The standard InChI is InChI=1S/C21H36N4O.HI/c1-18(2)26-15-7-12-23-21(22-3)24-16-19-8-10-20(11-9-19)17-25-13-5-4-6-14-25;/h8-11,18H,4-7,12-17H2,1-3H3,(H2,22,23,24);1H. The van der Waals surface area contributed by atoms with Gasteiger partial charge in [0, 0.05) is 33.3 Å². The van der Waals surface area contributed by atoms with Gasteiger partial charge in [-0.1, -0.05) is 30.7 Å². The van der Waals surface area contributed by atoms with Gasteiger partial charge >= 0.3 is 0 Å². The predicted molar refractivity (Wildman–Crippen MR) is 125 cm³/mol. The Balaban J connectivity index is 0.00000364. The molecule has 154 valence electrons. The largest absolute Gasteiger partial charge is 0.379 e. The monoisotopic (exact) mass is 488 g/mol. The van der Waals surface area contributed by atoms with Crippen LogP contribution in [-0.4, -0.2) is 50.3 Å². The van der Waals surface area contributed by atoms with Crippen LogP contribution in [0.3, 0.4) is 0 Å². The first-order chi connectivity index (χ1) is 12.7. The van der Waals surface area contributed by atoms with E-state index in [0.29, 0.717) is 6.10 Å². The van der Waals surface area contributed by atoms with Crippen LogP contribution in [0.15, 0.2) is 29.3 Å². The van der Waals surface area contributed by atoms with Crippen LogP contribution in [-0.2, 0) is 17.8 Å². The Morgan fingerprint density at radius 2 is 1.74 bits per heavy atom. The van der Waals surface area contributed by atoms with Gasteiger partial charge in [0.05, 0.1) is 6.10 Å². The third kappa shape index (κ3) is 10.3. The average Bonchev–Trinajstić information content (AvgIpc) is 2.66. The molecule has 0 spiro atoms. The summed E-state index contributed by atoms with van der Waals surface area (Å²) in [6.07, 6.45) is 5.35. The maximum Gasteiger partial charge on any atom is 0.191 e. The number of ether oxygens (including phenoxy) is 1. The molecule has 0 amide bonds. The number of likely N-dealkylation sites (tertiary alicyclic amines) is 1. The summed E-state index contributed by atoms with van der Waals surface area (Å²) in [6.45, 7) is 10.1. The number of halogens is 1. The fraction of sp³-hybridized carbons (Fsp3) is 0.667. The average molecular weight is 488 g/mol. The zero-order chi connectivity index (χ0) is 18.6. The number of benzene rings is 1. The molecule has 0 aromatic heterocycles. The molecule has 1 aromatic rings. The van der Waals surface area contributed by atoms with Crippen LogP contribution < -0.4 is 10.6 Å². The minimum Gasteiger partial charge on any atom is -0.379 e. The second-order valence-electron chi connectivity index (χ2n) is 7.28. The highest BCUT2D eigenvalue weighted by Gasteiger charge is 2.10. The lowest BCUT2D eigenvalue weighted by molar-refractivity contribution is 0.0776. The Hall–Kier alpha value is -0.860. The van der Waals surface area contributed by atoms with Gasteiger partial charge in [0.1, 0.15) is 0 Å². The zero-order valence-corrected chi connectivity index (χ0v) is 19.5. The summed E-state index contributed by atoms with van der Waals surface area (Å²) in [4.78, 5) is 6.84. The van der Waals surface area contributed by atoms with Crippen molar-refractivity contribution in [2.75, 3.05) is 33.3 Å². The molecule has 1 aliphatic heterocycles. The third-order valence-corrected chi connectivity index (χ3v) is 4.63. The predicted octanol–water partition coefficient (Wildman–Crippen LogP) is 3.77. The normalized spacial score (nSPS) is 15.5. The van der Waals surface area contributed by atoms with E-state index in [9.17, 15) is 0 Å². The molecule has 1 fully saturated rings. The van der Waals surface area contributed by atoms with Crippen LogP contribution in [0.5, 0.6) is 0 Å². The zero-order valence-electron chi connectivity index (χ0n) is 17.2. The number of aliphatic imine (C=N–C) groups is 1. The molecule has 0 atom stereocenters. The fourth-order valence-electron chi connectivity index (χ4n) is 3.14. The number of piperidine rings is 1. The molecular formula is C21H37IN4O. The summed E-state index contributed by atoms with van der Waals surface area (Å²) in [5, 5.41) is 6.71. The molecule has 0 unspecified atom stereocenters. The van der Waals surface area contributed by atoms with E-state index in [0.717, 1.165) is 38.6 Å². The van der Waals surface area contributed by atoms with E-state index in [2.05, 4.69) is 58.6 Å². The van der Waals surface area contributed by atoms with Crippen LogP contribution in [0.4, 0.5) is 0 Å². The van der Waals surface area contributed by atoms with Gasteiger partial charge in [-0.15, -0.1) is 24.0 Å². The molecule has 0 bridgehead atoms. The highest BCUT2D eigenvalue weighted by Crippen LogP contribution is 2.13. The van der Waals surface area contributed by atoms with Crippen molar-refractivity contribution in [3.63, 3.8) is 0 Å². The van der Waals surface area contributed by atoms with E-state index in [-0.39, 0.29) is 24.0 Å². The molecule has 0 aliphatic carbocycles. The lowest BCUT2D eigenvalue weighted by Crippen LogP contribution is -2.37. The second kappa shape index (κ2) is 14.2. The van der Waals surface area contributed by atoms with Gasteiger partial charge in [-0.3, -0.25) is 9.89 Å². The summed E-state index contributed by atoms with van der Waals surface area (Å²) >= 11 is 0. The summed E-state index contributed by atoms with van der Waals surface area (Å²) in [5.74, 6) is 0.840. The van der Waals surface area contributed by atoms with E-state index in [1.165, 1.54) is 43.5 Å². The molecule has 5 nitrogen and oxygen atoms in total. The number of hydrogen-bond acceptors (Lipinski definition) is 3. The minimum atomic E-state index is 0. The lowest BCUT2D eigenvalue weighted by atomic mass is 10.1. The van der Waals surface area contributed by atoms with Crippen molar-refractivity contribution in [3.8, 4) is 0 Å². The van der Waals surface area contributed by atoms with Crippen molar-refractivity contribution in [1.82, 2.24) is 15.5 Å². The lowest BCUT2D eigenvalue weighted by Gasteiger charge is -2.26. The summed E-state index contributed by atoms with van der Waals surface area (Å²) in [7, 11) is 1.81. The molecule has 1 saturated heterocycles. The molecule has 0 saturated carbocycles. The van der Waals surface area contributed by atoms with E-state index in [1.807, 2.05) is 7.05 Å². The Bertz CT molecular complexity index is 527. The SMILES string of the molecule is CN=C(NCCCOC(C)C)NCc1ccc(CN2CCCCC2)cc1.I. The van der Waals surface area contributed by atoms with E-state index < -0.39 is 0 Å². The maximum atomic E-state index is 5.55. The smallest absolute Gasteiger partial charge is 0.191 e. The molecule has 27 heavy (non-hydrogen) atoms. The Morgan fingerprint density at radius 3 is 2.37 bits per heavy atom. The van der Waals surface area contributed by atoms with Gasteiger partial charge in [0.25, 0.3) is 0 Å². The molecule has 2 rings (SSSR count). The molecular weight excluding hydrogens is 451 g/mol. The molecule has 1 aliphatic rings. The Morgan fingerprint density at radius 1 is 1.07 bits per heavy atom.